The maximum Gasteiger partial charge on any atom is 0.180 e. The molecule has 1 saturated heterocycles. The smallest absolute Gasteiger partial charge is 0.180 e. The molecule has 1 atom stereocenters. The fourth-order valence-corrected chi connectivity index (χ4v) is 1.08. The molecule has 4 nitrogen and oxygen atoms in total. The lowest BCUT2D eigenvalue weighted by Gasteiger charge is -2.19. The summed E-state index contributed by atoms with van der Waals surface area (Å²) in [5, 5.41) is 4.20. The van der Waals surface area contributed by atoms with Gasteiger partial charge in [0.15, 0.2) is 12.2 Å². The van der Waals surface area contributed by atoms with Gasteiger partial charge in [0.1, 0.15) is 6.10 Å². The Morgan fingerprint density at radius 1 is 1.55 bits per heavy atom. The van der Waals surface area contributed by atoms with E-state index in [9.17, 15) is 0 Å². The van der Waals surface area contributed by atoms with Gasteiger partial charge < -0.3 is 9.15 Å². The van der Waals surface area contributed by atoms with Crippen LogP contribution in [0, 0.1) is 0 Å². The molecule has 11 heavy (non-hydrogen) atoms. The molecule has 1 radical (unpaired) electrons. The van der Waals surface area contributed by atoms with Gasteiger partial charge >= 0.3 is 0 Å². The topological polar surface area (TPSA) is 49.4 Å². The molecule has 1 unspecified atom stereocenters. The molecule has 59 valence electrons. The van der Waals surface area contributed by atoms with Gasteiger partial charge in [0, 0.05) is 13.1 Å². The highest BCUT2D eigenvalue weighted by molar-refractivity contribution is 4.96. The fourth-order valence-electron chi connectivity index (χ4n) is 1.08. The van der Waals surface area contributed by atoms with Gasteiger partial charge in [0.05, 0.1) is 12.8 Å². The van der Waals surface area contributed by atoms with Crippen LogP contribution in [0.4, 0.5) is 0 Å². The van der Waals surface area contributed by atoms with Crippen LogP contribution < -0.4 is 5.32 Å². The van der Waals surface area contributed by atoms with Crippen molar-refractivity contribution in [1.29, 1.82) is 0 Å². The Kier molecular flexibility index (Phi) is 1.87. The van der Waals surface area contributed by atoms with Crippen molar-refractivity contribution in [3.05, 3.63) is 18.4 Å². The molecule has 1 aliphatic heterocycles. The summed E-state index contributed by atoms with van der Waals surface area (Å²) < 4.78 is 10.5. The van der Waals surface area contributed by atoms with E-state index in [-0.39, 0.29) is 6.10 Å². The Morgan fingerprint density at radius 3 is 3.18 bits per heavy atom. The zero-order valence-corrected chi connectivity index (χ0v) is 6.06. The molecular formula is C7H9N2O2. The minimum Gasteiger partial charge on any atom is -0.446 e. The number of ether oxygens (including phenoxy) is 1. The Hall–Kier alpha value is -0.870. The van der Waals surface area contributed by atoms with E-state index in [4.69, 9.17) is 9.15 Å². The zero-order chi connectivity index (χ0) is 7.52. The molecule has 2 heterocycles. The Labute approximate surface area is 64.6 Å². The summed E-state index contributed by atoms with van der Waals surface area (Å²) in [7, 11) is 0. The van der Waals surface area contributed by atoms with Crippen LogP contribution in [-0.2, 0) is 4.74 Å². The Balaban J connectivity index is 2.04. The van der Waals surface area contributed by atoms with Gasteiger partial charge in [0.25, 0.3) is 0 Å². The van der Waals surface area contributed by atoms with Gasteiger partial charge in [-0.05, 0) is 0 Å². The van der Waals surface area contributed by atoms with Crippen LogP contribution >= 0.6 is 0 Å². The summed E-state index contributed by atoms with van der Waals surface area (Å²) in [6.45, 7) is 2.17. The van der Waals surface area contributed by atoms with Crippen LogP contribution in [0.1, 0.15) is 11.9 Å². The van der Waals surface area contributed by atoms with Gasteiger partial charge in [-0.2, -0.15) is 0 Å². The summed E-state index contributed by atoms with van der Waals surface area (Å²) in [6.07, 6.45) is 3.07. The third-order valence-electron chi connectivity index (χ3n) is 1.63. The second-order valence-corrected chi connectivity index (χ2v) is 2.39. The van der Waals surface area contributed by atoms with E-state index in [1.54, 1.807) is 6.20 Å². The first kappa shape index (κ1) is 6.82. The minimum absolute atomic E-state index is 0.00810. The number of aromatic nitrogens is 1. The van der Waals surface area contributed by atoms with Gasteiger partial charge in [-0.1, -0.05) is 0 Å². The van der Waals surface area contributed by atoms with E-state index in [0.717, 1.165) is 12.3 Å². The summed E-state index contributed by atoms with van der Waals surface area (Å²) in [6, 6.07) is 0. The van der Waals surface area contributed by atoms with Crippen molar-refractivity contribution >= 4 is 0 Å². The van der Waals surface area contributed by atoms with Gasteiger partial charge in [-0.25, -0.2) is 10.3 Å². The first-order valence-corrected chi connectivity index (χ1v) is 3.60. The maximum absolute atomic E-state index is 5.39. The van der Waals surface area contributed by atoms with Crippen molar-refractivity contribution in [2.24, 2.45) is 0 Å². The molecule has 1 aliphatic rings. The highest BCUT2D eigenvalue weighted by Crippen LogP contribution is 2.17. The summed E-state index contributed by atoms with van der Waals surface area (Å²) in [5.74, 6) is 0.772. The SMILES string of the molecule is c1ncc(C2C[N]CCO2)o1. The van der Waals surface area contributed by atoms with Crippen LogP contribution in [-0.4, -0.2) is 24.7 Å². The van der Waals surface area contributed by atoms with Crippen LogP contribution in [0.5, 0.6) is 0 Å². The lowest BCUT2D eigenvalue weighted by molar-refractivity contribution is 0.0127. The van der Waals surface area contributed by atoms with Crippen molar-refractivity contribution in [2.75, 3.05) is 19.7 Å². The molecule has 0 aromatic carbocycles. The third kappa shape index (κ3) is 1.41. The molecule has 0 aliphatic carbocycles. The number of nitrogens with zero attached hydrogens (tertiary/aromatic N) is 2. The molecular weight excluding hydrogens is 144 g/mol. The molecule has 1 aromatic rings. The number of hydrogen-bond acceptors (Lipinski definition) is 3. The van der Waals surface area contributed by atoms with E-state index in [2.05, 4.69) is 10.3 Å². The third-order valence-corrected chi connectivity index (χ3v) is 1.63. The predicted octanol–water partition coefficient (Wildman–Crippen LogP) is 0.350. The molecule has 0 spiro atoms. The molecule has 1 fully saturated rings. The van der Waals surface area contributed by atoms with Gasteiger partial charge in [-0.3, -0.25) is 0 Å². The molecule has 0 N–H and O–H groups in total. The lowest BCUT2D eigenvalue weighted by atomic mass is 10.2. The molecule has 2 rings (SSSR count). The Morgan fingerprint density at radius 2 is 2.55 bits per heavy atom. The van der Waals surface area contributed by atoms with Gasteiger partial charge in [-0.15, -0.1) is 0 Å². The van der Waals surface area contributed by atoms with Crippen LogP contribution in [0.3, 0.4) is 0 Å². The average molecular weight is 153 g/mol. The second kappa shape index (κ2) is 3.02. The van der Waals surface area contributed by atoms with E-state index >= 15 is 0 Å². The van der Waals surface area contributed by atoms with Crippen molar-refractivity contribution in [2.45, 2.75) is 6.10 Å². The van der Waals surface area contributed by atoms with Crippen molar-refractivity contribution in [3.8, 4) is 0 Å². The van der Waals surface area contributed by atoms with Crippen molar-refractivity contribution < 1.29 is 9.15 Å². The van der Waals surface area contributed by atoms with Crippen LogP contribution in [0.15, 0.2) is 17.0 Å². The summed E-state index contributed by atoms with van der Waals surface area (Å²) in [5.41, 5.74) is 0. The monoisotopic (exact) mass is 153 g/mol. The van der Waals surface area contributed by atoms with Crippen LogP contribution in [0.2, 0.25) is 0 Å². The number of morpholine rings is 1. The van der Waals surface area contributed by atoms with E-state index in [1.807, 2.05) is 0 Å². The molecule has 1 aromatic heterocycles. The molecule has 0 saturated carbocycles. The number of oxazole rings is 1. The average Bonchev–Trinajstić information content (AvgIpc) is 2.58. The first-order valence-electron chi connectivity index (χ1n) is 3.60. The highest BCUT2D eigenvalue weighted by atomic mass is 16.5. The first-order chi connectivity index (χ1) is 5.47. The standard InChI is InChI=1S/C7H9N2O2/c1-2-10-6(3-8-1)7-4-9-5-11-7/h4-6H,1-3H2. The fraction of sp³-hybridized carbons (Fsp3) is 0.571. The molecule has 4 heteroatoms. The second-order valence-electron chi connectivity index (χ2n) is 2.39. The largest absolute Gasteiger partial charge is 0.446 e. The number of rotatable bonds is 1. The normalized spacial score (nSPS) is 25.3. The van der Waals surface area contributed by atoms with E-state index in [1.165, 1.54) is 6.39 Å². The van der Waals surface area contributed by atoms with Crippen LogP contribution in [0.25, 0.3) is 0 Å². The van der Waals surface area contributed by atoms with Crippen molar-refractivity contribution in [3.63, 3.8) is 0 Å². The number of hydrogen-bond donors (Lipinski definition) is 0. The lowest BCUT2D eigenvalue weighted by Crippen LogP contribution is -2.28. The Bertz CT molecular complexity index is 204. The van der Waals surface area contributed by atoms with E-state index < -0.39 is 0 Å². The summed E-state index contributed by atoms with van der Waals surface area (Å²) in [4.78, 5) is 3.81. The van der Waals surface area contributed by atoms with E-state index in [0.29, 0.717) is 13.2 Å². The molecule has 0 bridgehead atoms. The molecule has 0 amide bonds. The predicted molar refractivity (Wildman–Crippen MR) is 37.1 cm³/mol. The minimum atomic E-state index is -0.00810. The highest BCUT2D eigenvalue weighted by Gasteiger charge is 2.18. The quantitative estimate of drug-likeness (QED) is 0.585. The van der Waals surface area contributed by atoms with Crippen molar-refractivity contribution in [1.82, 2.24) is 10.3 Å². The zero-order valence-electron chi connectivity index (χ0n) is 6.06. The van der Waals surface area contributed by atoms with Gasteiger partial charge in [0.2, 0.25) is 0 Å². The maximum atomic E-state index is 5.39. The summed E-state index contributed by atoms with van der Waals surface area (Å²) >= 11 is 0.